The maximum Gasteiger partial charge on any atom is 0.417 e. The van der Waals surface area contributed by atoms with Gasteiger partial charge in [-0.1, -0.05) is 0 Å². The van der Waals surface area contributed by atoms with Crippen molar-refractivity contribution in [3.63, 3.8) is 0 Å². The van der Waals surface area contributed by atoms with Gasteiger partial charge in [0.15, 0.2) is 0 Å². The van der Waals surface area contributed by atoms with E-state index in [1.54, 1.807) is 20.8 Å². The predicted octanol–water partition coefficient (Wildman–Crippen LogP) is 1.54. The first kappa shape index (κ1) is 10.0. The molecule has 0 spiro atoms. The molecule has 0 aromatic carbocycles. The Morgan fingerprint density at radius 3 is 2.38 bits per heavy atom. The quantitative estimate of drug-likeness (QED) is 0.538. The Kier molecular flexibility index (Phi) is 2.32. The van der Waals surface area contributed by atoms with Gasteiger partial charge in [-0.25, -0.2) is 9.69 Å². The Hall–Kier alpha value is -1.06. The predicted molar refractivity (Wildman–Crippen MR) is 47.2 cm³/mol. The van der Waals surface area contributed by atoms with E-state index >= 15 is 0 Å². The second-order valence-corrected chi connectivity index (χ2v) is 4.30. The van der Waals surface area contributed by atoms with Crippen LogP contribution in [-0.2, 0) is 9.53 Å². The number of hydrogen-bond donors (Lipinski definition) is 0. The van der Waals surface area contributed by atoms with Crippen LogP contribution >= 0.6 is 0 Å². The minimum absolute atomic E-state index is 0.0117. The van der Waals surface area contributed by atoms with Crippen LogP contribution in [-0.4, -0.2) is 28.5 Å². The van der Waals surface area contributed by atoms with E-state index < -0.39 is 11.7 Å². The second-order valence-electron chi connectivity index (χ2n) is 4.30. The number of nitrogens with zero attached hydrogens (tertiary/aromatic N) is 1. The van der Waals surface area contributed by atoms with Gasteiger partial charge >= 0.3 is 6.09 Å². The van der Waals surface area contributed by atoms with Gasteiger partial charge in [0.1, 0.15) is 5.60 Å². The van der Waals surface area contributed by atoms with Crippen LogP contribution in [0.15, 0.2) is 0 Å². The number of likely N-dealkylation sites (tertiary alicyclic amines) is 1. The molecule has 1 saturated heterocycles. The van der Waals surface area contributed by atoms with Crippen molar-refractivity contribution in [2.24, 2.45) is 0 Å². The number of hydrogen-bond acceptors (Lipinski definition) is 3. The molecule has 0 saturated carbocycles. The number of amides is 2. The molecule has 1 aliphatic rings. The number of rotatable bonds is 0. The molecule has 1 aliphatic heterocycles. The fraction of sp³-hybridized carbons (Fsp3) is 0.778. The van der Waals surface area contributed by atoms with E-state index in [1.165, 1.54) is 0 Å². The van der Waals surface area contributed by atoms with Crippen LogP contribution in [0.3, 0.4) is 0 Å². The van der Waals surface area contributed by atoms with Gasteiger partial charge in [-0.3, -0.25) is 4.79 Å². The van der Waals surface area contributed by atoms with E-state index in [4.69, 9.17) is 4.74 Å². The summed E-state index contributed by atoms with van der Waals surface area (Å²) in [5, 5.41) is 0. The van der Waals surface area contributed by atoms with Crippen molar-refractivity contribution in [1.29, 1.82) is 0 Å². The highest BCUT2D eigenvalue weighted by Crippen LogP contribution is 2.21. The van der Waals surface area contributed by atoms with Gasteiger partial charge in [0.05, 0.1) is 0 Å². The summed E-state index contributed by atoms with van der Waals surface area (Å²) < 4.78 is 5.05. The van der Waals surface area contributed by atoms with Crippen LogP contribution in [0.5, 0.6) is 0 Å². The van der Waals surface area contributed by atoms with Gasteiger partial charge in [-0.2, -0.15) is 0 Å². The van der Waals surface area contributed by atoms with Crippen LogP contribution in [0.1, 0.15) is 34.1 Å². The highest BCUT2D eigenvalue weighted by atomic mass is 16.6. The first-order valence-corrected chi connectivity index (χ1v) is 4.36. The van der Waals surface area contributed by atoms with Crippen molar-refractivity contribution in [3.8, 4) is 0 Å². The molecule has 1 unspecified atom stereocenters. The standard InChI is InChI=1S/C9H15NO3/c1-6-5-7(11)10(6)8(12)13-9(2,3)4/h6H,5H2,1-4H3. The van der Waals surface area contributed by atoms with Gasteiger partial charge in [0.25, 0.3) is 0 Å². The SMILES string of the molecule is CC1CC(=O)N1C(=O)OC(C)(C)C. The van der Waals surface area contributed by atoms with Crippen LogP contribution in [0.25, 0.3) is 0 Å². The molecule has 0 aliphatic carbocycles. The van der Waals surface area contributed by atoms with E-state index in [0.717, 1.165) is 4.90 Å². The van der Waals surface area contributed by atoms with Crippen molar-refractivity contribution in [2.45, 2.75) is 45.8 Å². The van der Waals surface area contributed by atoms with Gasteiger partial charge in [-0.15, -0.1) is 0 Å². The zero-order valence-electron chi connectivity index (χ0n) is 8.46. The molecule has 74 valence electrons. The normalized spacial score (nSPS) is 22.6. The molecule has 1 heterocycles. The maximum atomic E-state index is 11.3. The molecule has 0 radical (unpaired) electrons. The fourth-order valence-corrected chi connectivity index (χ4v) is 1.17. The summed E-state index contributed by atoms with van der Waals surface area (Å²) in [6.07, 6.45) is -0.0876. The topological polar surface area (TPSA) is 46.6 Å². The van der Waals surface area contributed by atoms with E-state index in [-0.39, 0.29) is 11.9 Å². The van der Waals surface area contributed by atoms with Crippen molar-refractivity contribution in [1.82, 2.24) is 4.90 Å². The third-order valence-corrected chi connectivity index (χ3v) is 1.77. The maximum absolute atomic E-state index is 11.3. The average molecular weight is 185 g/mol. The summed E-state index contributed by atoms with van der Waals surface area (Å²) in [6, 6.07) is -0.0117. The highest BCUT2D eigenvalue weighted by molar-refractivity contribution is 5.97. The third kappa shape index (κ3) is 2.20. The molecule has 1 rings (SSSR count). The molecule has 4 nitrogen and oxygen atoms in total. The lowest BCUT2D eigenvalue weighted by Crippen LogP contribution is -2.55. The molecule has 0 aromatic heterocycles. The molecule has 1 atom stereocenters. The van der Waals surface area contributed by atoms with Crippen LogP contribution < -0.4 is 0 Å². The van der Waals surface area contributed by atoms with E-state index in [9.17, 15) is 9.59 Å². The molecule has 13 heavy (non-hydrogen) atoms. The van der Waals surface area contributed by atoms with Crippen LogP contribution in [0.4, 0.5) is 4.79 Å². The van der Waals surface area contributed by atoms with Gasteiger partial charge in [0, 0.05) is 12.5 Å². The molecule has 1 fully saturated rings. The number of β-lactam (4-membered cyclic amide) rings is 1. The molecule has 4 heteroatoms. The molecule has 2 amide bonds. The summed E-state index contributed by atoms with van der Waals surface area (Å²) in [7, 11) is 0. The van der Waals surface area contributed by atoms with Gasteiger partial charge in [-0.05, 0) is 27.7 Å². The Morgan fingerprint density at radius 2 is 2.08 bits per heavy atom. The number of carbonyl (C=O) groups excluding carboxylic acids is 2. The molecule has 0 bridgehead atoms. The molecular formula is C9H15NO3. The first-order valence-electron chi connectivity index (χ1n) is 4.36. The summed E-state index contributed by atoms with van der Waals surface area (Å²) in [5.41, 5.74) is -0.535. The zero-order valence-corrected chi connectivity index (χ0v) is 8.46. The zero-order chi connectivity index (χ0) is 10.2. The Morgan fingerprint density at radius 1 is 1.54 bits per heavy atom. The van der Waals surface area contributed by atoms with Crippen molar-refractivity contribution in [2.75, 3.05) is 0 Å². The van der Waals surface area contributed by atoms with Crippen molar-refractivity contribution >= 4 is 12.0 Å². The molecule has 0 N–H and O–H groups in total. The number of imide groups is 1. The van der Waals surface area contributed by atoms with E-state index in [1.807, 2.05) is 6.92 Å². The Balaban J connectivity index is 2.54. The first-order chi connectivity index (χ1) is 5.81. The smallest absolute Gasteiger partial charge is 0.417 e. The lowest BCUT2D eigenvalue weighted by molar-refractivity contribution is -0.143. The highest BCUT2D eigenvalue weighted by Gasteiger charge is 2.39. The fourth-order valence-electron chi connectivity index (χ4n) is 1.17. The minimum atomic E-state index is -0.535. The monoisotopic (exact) mass is 185 g/mol. The largest absolute Gasteiger partial charge is 0.443 e. The van der Waals surface area contributed by atoms with E-state index in [2.05, 4.69) is 0 Å². The lowest BCUT2D eigenvalue weighted by Gasteiger charge is -2.36. The third-order valence-electron chi connectivity index (χ3n) is 1.77. The van der Waals surface area contributed by atoms with Gasteiger partial charge in [0.2, 0.25) is 5.91 Å². The van der Waals surface area contributed by atoms with Crippen molar-refractivity contribution < 1.29 is 14.3 Å². The Bertz CT molecular complexity index is 242. The summed E-state index contributed by atoms with van der Waals surface area (Å²) in [4.78, 5) is 23.5. The average Bonchev–Trinajstić information content (AvgIpc) is 1.80. The molecule has 0 aromatic rings. The molecular weight excluding hydrogens is 170 g/mol. The summed E-state index contributed by atoms with van der Waals surface area (Å²) >= 11 is 0. The van der Waals surface area contributed by atoms with Crippen LogP contribution in [0, 0.1) is 0 Å². The van der Waals surface area contributed by atoms with E-state index in [0.29, 0.717) is 6.42 Å². The van der Waals surface area contributed by atoms with Crippen LogP contribution in [0.2, 0.25) is 0 Å². The minimum Gasteiger partial charge on any atom is -0.443 e. The number of carbonyl (C=O) groups is 2. The van der Waals surface area contributed by atoms with Crippen molar-refractivity contribution in [3.05, 3.63) is 0 Å². The second kappa shape index (κ2) is 3.01. The Labute approximate surface area is 77.8 Å². The van der Waals surface area contributed by atoms with Gasteiger partial charge < -0.3 is 4.74 Å². The summed E-state index contributed by atoms with van der Waals surface area (Å²) in [5.74, 6) is -0.151. The lowest BCUT2D eigenvalue weighted by atomic mass is 10.1. The summed E-state index contributed by atoms with van der Waals surface area (Å²) in [6.45, 7) is 7.16. The number of ether oxygens (including phenoxy) is 1.